The summed E-state index contributed by atoms with van der Waals surface area (Å²) in [6.45, 7) is 3.45. The summed E-state index contributed by atoms with van der Waals surface area (Å²) in [5.41, 5.74) is 1.68. The SMILES string of the molecule is Cc1cc(NS(=O)(=O)c2ccccc2C)n(-c2ccc([N+](=O)[O-])cc2)n1. The van der Waals surface area contributed by atoms with Gasteiger partial charge in [0.1, 0.15) is 5.82 Å². The Bertz CT molecular complexity index is 1070. The largest absolute Gasteiger partial charge is 0.269 e. The van der Waals surface area contributed by atoms with Crippen LogP contribution in [0, 0.1) is 24.0 Å². The summed E-state index contributed by atoms with van der Waals surface area (Å²) in [6.07, 6.45) is 0. The molecule has 1 N–H and O–H groups in total. The molecular formula is C17H16N4O4S. The Balaban J connectivity index is 2.00. The van der Waals surface area contributed by atoms with Gasteiger partial charge in [-0.25, -0.2) is 13.1 Å². The minimum atomic E-state index is -3.80. The molecule has 8 nitrogen and oxygen atoms in total. The third-order valence-corrected chi connectivity index (χ3v) is 5.27. The number of hydrogen-bond donors (Lipinski definition) is 1. The van der Waals surface area contributed by atoms with Crippen molar-refractivity contribution in [1.29, 1.82) is 0 Å². The van der Waals surface area contributed by atoms with Crippen molar-refractivity contribution in [1.82, 2.24) is 9.78 Å². The Hall–Kier alpha value is -3.20. The van der Waals surface area contributed by atoms with Gasteiger partial charge in [-0.2, -0.15) is 5.10 Å². The van der Waals surface area contributed by atoms with Gasteiger partial charge in [0.05, 0.1) is 21.2 Å². The maximum absolute atomic E-state index is 12.7. The highest BCUT2D eigenvalue weighted by atomic mass is 32.2. The Kier molecular flexibility index (Phi) is 4.47. The van der Waals surface area contributed by atoms with Crippen LogP contribution in [0.25, 0.3) is 5.69 Å². The highest BCUT2D eigenvalue weighted by molar-refractivity contribution is 7.92. The van der Waals surface area contributed by atoms with E-state index in [2.05, 4.69) is 9.82 Å². The van der Waals surface area contributed by atoms with E-state index in [1.807, 2.05) is 0 Å². The van der Waals surface area contributed by atoms with Crippen LogP contribution in [0.2, 0.25) is 0 Å². The maximum atomic E-state index is 12.7. The minimum absolute atomic E-state index is 0.0559. The Labute approximate surface area is 150 Å². The number of nitrogens with zero attached hydrogens (tertiary/aromatic N) is 3. The number of anilines is 1. The van der Waals surface area contributed by atoms with Gasteiger partial charge in [-0.15, -0.1) is 0 Å². The van der Waals surface area contributed by atoms with Crippen LogP contribution in [0.4, 0.5) is 11.5 Å². The van der Waals surface area contributed by atoms with E-state index in [9.17, 15) is 18.5 Å². The van der Waals surface area contributed by atoms with Crippen molar-refractivity contribution in [2.24, 2.45) is 0 Å². The number of aryl methyl sites for hydroxylation is 2. The van der Waals surface area contributed by atoms with E-state index < -0.39 is 14.9 Å². The van der Waals surface area contributed by atoms with E-state index in [-0.39, 0.29) is 16.4 Å². The molecule has 0 bridgehead atoms. The summed E-state index contributed by atoms with van der Waals surface area (Å²) in [7, 11) is -3.80. The van der Waals surface area contributed by atoms with Crippen molar-refractivity contribution in [3.8, 4) is 5.69 Å². The fourth-order valence-electron chi connectivity index (χ4n) is 2.54. The van der Waals surface area contributed by atoms with Crippen LogP contribution in [0.3, 0.4) is 0 Å². The van der Waals surface area contributed by atoms with Crippen molar-refractivity contribution < 1.29 is 13.3 Å². The Morgan fingerprint density at radius 3 is 2.35 bits per heavy atom. The van der Waals surface area contributed by atoms with E-state index >= 15 is 0 Å². The van der Waals surface area contributed by atoms with Crippen LogP contribution in [-0.4, -0.2) is 23.1 Å². The Morgan fingerprint density at radius 1 is 1.08 bits per heavy atom. The fourth-order valence-corrected chi connectivity index (χ4v) is 3.82. The second-order valence-corrected chi connectivity index (χ2v) is 7.38. The van der Waals surface area contributed by atoms with Gasteiger partial charge in [0.25, 0.3) is 15.7 Å². The first-order valence-corrected chi connectivity index (χ1v) is 9.16. The molecule has 1 heterocycles. The van der Waals surface area contributed by atoms with Crippen molar-refractivity contribution in [3.63, 3.8) is 0 Å². The summed E-state index contributed by atoms with van der Waals surface area (Å²) < 4.78 is 29.4. The number of nitrogens with one attached hydrogen (secondary N) is 1. The average Bonchev–Trinajstić information content (AvgIpc) is 2.94. The van der Waals surface area contributed by atoms with Gasteiger partial charge in [0.2, 0.25) is 0 Å². The predicted molar refractivity (Wildman–Crippen MR) is 96.9 cm³/mol. The van der Waals surface area contributed by atoms with E-state index in [1.54, 1.807) is 38.1 Å². The molecule has 3 rings (SSSR count). The Morgan fingerprint density at radius 2 is 1.73 bits per heavy atom. The van der Waals surface area contributed by atoms with Crippen molar-refractivity contribution >= 4 is 21.5 Å². The third-order valence-electron chi connectivity index (χ3n) is 3.76. The van der Waals surface area contributed by atoms with E-state index in [0.29, 0.717) is 16.9 Å². The number of hydrogen-bond acceptors (Lipinski definition) is 5. The van der Waals surface area contributed by atoms with Gasteiger partial charge >= 0.3 is 0 Å². The van der Waals surface area contributed by atoms with E-state index in [1.165, 1.54) is 35.0 Å². The lowest BCUT2D eigenvalue weighted by molar-refractivity contribution is -0.384. The molecular weight excluding hydrogens is 356 g/mol. The summed E-state index contributed by atoms with van der Waals surface area (Å²) in [6, 6.07) is 14.0. The first kappa shape index (κ1) is 17.6. The summed E-state index contributed by atoms with van der Waals surface area (Å²) in [4.78, 5) is 10.5. The average molecular weight is 372 g/mol. The van der Waals surface area contributed by atoms with Gasteiger partial charge in [-0.3, -0.25) is 14.8 Å². The first-order chi connectivity index (χ1) is 12.3. The highest BCUT2D eigenvalue weighted by Crippen LogP contribution is 2.23. The molecule has 0 unspecified atom stereocenters. The lowest BCUT2D eigenvalue weighted by Crippen LogP contribution is -2.16. The van der Waals surface area contributed by atoms with Crippen LogP contribution >= 0.6 is 0 Å². The molecule has 0 saturated heterocycles. The zero-order chi connectivity index (χ0) is 18.9. The predicted octanol–water partition coefficient (Wildman–Crippen LogP) is 3.20. The molecule has 2 aromatic carbocycles. The van der Waals surface area contributed by atoms with Gasteiger partial charge < -0.3 is 0 Å². The molecule has 0 radical (unpaired) electrons. The summed E-state index contributed by atoms with van der Waals surface area (Å²) >= 11 is 0. The molecule has 0 saturated carbocycles. The normalized spacial score (nSPS) is 11.3. The van der Waals surface area contributed by atoms with Gasteiger partial charge in [0.15, 0.2) is 0 Å². The quantitative estimate of drug-likeness (QED) is 0.547. The standard InChI is InChI=1S/C17H16N4O4S/c1-12-5-3-4-6-16(12)26(24,25)19-17-11-13(2)18-20(17)14-7-9-15(10-8-14)21(22)23/h3-11,19H,1-2H3. The molecule has 0 atom stereocenters. The van der Waals surface area contributed by atoms with Crippen LogP contribution in [-0.2, 0) is 10.0 Å². The second-order valence-electron chi connectivity index (χ2n) is 5.73. The van der Waals surface area contributed by atoms with E-state index in [4.69, 9.17) is 0 Å². The topological polar surface area (TPSA) is 107 Å². The highest BCUT2D eigenvalue weighted by Gasteiger charge is 2.20. The van der Waals surface area contributed by atoms with Crippen LogP contribution in [0.1, 0.15) is 11.3 Å². The van der Waals surface area contributed by atoms with Gasteiger partial charge in [0, 0.05) is 18.2 Å². The molecule has 134 valence electrons. The number of nitro benzene ring substituents is 1. The zero-order valence-electron chi connectivity index (χ0n) is 14.1. The number of non-ortho nitro benzene ring substituents is 1. The van der Waals surface area contributed by atoms with Gasteiger partial charge in [-0.05, 0) is 37.6 Å². The minimum Gasteiger partial charge on any atom is -0.263 e. The molecule has 26 heavy (non-hydrogen) atoms. The van der Waals surface area contributed by atoms with Crippen LogP contribution in [0.15, 0.2) is 59.5 Å². The van der Waals surface area contributed by atoms with Crippen molar-refractivity contribution in [3.05, 3.63) is 76.0 Å². The summed E-state index contributed by atoms with van der Waals surface area (Å²) in [5.74, 6) is 0.250. The third kappa shape index (κ3) is 3.42. The number of sulfonamides is 1. The lowest BCUT2D eigenvalue weighted by atomic mass is 10.2. The molecule has 0 aliphatic rings. The zero-order valence-corrected chi connectivity index (χ0v) is 14.9. The lowest BCUT2D eigenvalue weighted by Gasteiger charge is -2.12. The fraction of sp³-hybridized carbons (Fsp3) is 0.118. The molecule has 0 fully saturated rings. The molecule has 1 aromatic heterocycles. The van der Waals surface area contributed by atoms with E-state index in [0.717, 1.165) is 0 Å². The molecule has 3 aromatic rings. The molecule has 0 amide bonds. The molecule has 0 spiro atoms. The monoisotopic (exact) mass is 372 g/mol. The van der Waals surface area contributed by atoms with Crippen molar-refractivity contribution in [2.45, 2.75) is 18.7 Å². The van der Waals surface area contributed by atoms with Crippen molar-refractivity contribution in [2.75, 3.05) is 4.72 Å². The second kappa shape index (κ2) is 6.60. The van der Waals surface area contributed by atoms with Crippen LogP contribution in [0.5, 0.6) is 0 Å². The first-order valence-electron chi connectivity index (χ1n) is 7.68. The molecule has 0 aliphatic heterocycles. The smallest absolute Gasteiger partial charge is 0.263 e. The summed E-state index contributed by atoms with van der Waals surface area (Å²) in [5, 5.41) is 15.1. The number of nitro groups is 1. The number of benzene rings is 2. The van der Waals surface area contributed by atoms with Crippen LogP contribution < -0.4 is 4.72 Å². The molecule has 9 heteroatoms. The van der Waals surface area contributed by atoms with Gasteiger partial charge in [-0.1, -0.05) is 18.2 Å². The number of rotatable bonds is 5. The number of aromatic nitrogens is 2. The molecule has 0 aliphatic carbocycles. The maximum Gasteiger partial charge on any atom is 0.269 e.